The molecule has 9 heteroatoms. The Kier molecular flexibility index (Phi) is 6.48. The molecule has 0 spiro atoms. The van der Waals surface area contributed by atoms with E-state index in [1.165, 1.54) is 29.6 Å². The minimum absolute atomic E-state index is 0.0486. The molecule has 1 atom stereocenters. The van der Waals surface area contributed by atoms with Gasteiger partial charge in [-0.25, -0.2) is 8.42 Å². The monoisotopic (exact) mass is 423 g/mol. The SMILES string of the molecule is CCN(CC)S(=O)(=O)c1ccc(OC)c(NC(=O)C2CCCN2C(=O)C2CC2)c1. The summed E-state index contributed by atoms with van der Waals surface area (Å²) < 4.78 is 32.3. The number of sulfonamides is 1. The number of benzene rings is 1. The summed E-state index contributed by atoms with van der Waals surface area (Å²) in [6.07, 6.45) is 3.17. The van der Waals surface area contributed by atoms with Crippen LogP contribution in [-0.2, 0) is 19.6 Å². The van der Waals surface area contributed by atoms with Crippen LogP contribution in [-0.4, -0.2) is 62.2 Å². The smallest absolute Gasteiger partial charge is 0.247 e. The van der Waals surface area contributed by atoms with E-state index in [1.54, 1.807) is 18.7 Å². The lowest BCUT2D eigenvalue weighted by atomic mass is 10.2. The molecule has 29 heavy (non-hydrogen) atoms. The third-order valence-electron chi connectivity index (χ3n) is 5.54. The molecule has 1 aromatic carbocycles. The summed E-state index contributed by atoms with van der Waals surface area (Å²) in [6, 6.07) is 3.90. The zero-order valence-electron chi connectivity index (χ0n) is 17.2. The lowest BCUT2D eigenvalue weighted by Gasteiger charge is -2.24. The third-order valence-corrected chi connectivity index (χ3v) is 7.58. The highest BCUT2D eigenvalue weighted by atomic mass is 32.2. The Balaban J connectivity index is 1.84. The second-order valence-electron chi connectivity index (χ2n) is 7.40. The van der Waals surface area contributed by atoms with Crippen molar-refractivity contribution in [3.05, 3.63) is 18.2 Å². The molecule has 1 heterocycles. The second-order valence-corrected chi connectivity index (χ2v) is 9.34. The summed E-state index contributed by atoms with van der Waals surface area (Å²) >= 11 is 0. The van der Waals surface area contributed by atoms with Gasteiger partial charge in [0.2, 0.25) is 21.8 Å². The maximum Gasteiger partial charge on any atom is 0.247 e. The van der Waals surface area contributed by atoms with Crippen molar-refractivity contribution in [3.63, 3.8) is 0 Å². The van der Waals surface area contributed by atoms with E-state index in [0.29, 0.717) is 31.8 Å². The molecular weight excluding hydrogens is 394 g/mol. The lowest BCUT2D eigenvalue weighted by Crippen LogP contribution is -2.43. The van der Waals surface area contributed by atoms with E-state index in [4.69, 9.17) is 4.74 Å². The van der Waals surface area contributed by atoms with Gasteiger partial charge in [-0.1, -0.05) is 13.8 Å². The number of nitrogens with zero attached hydrogens (tertiary/aromatic N) is 2. The lowest BCUT2D eigenvalue weighted by molar-refractivity contribution is -0.137. The topological polar surface area (TPSA) is 96.0 Å². The van der Waals surface area contributed by atoms with Gasteiger partial charge >= 0.3 is 0 Å². The largest absolute Gasteiger partial charge is 0.495 e. The Labute approximate surface area is 172 Å². The standard InChI is InChI=1S/C20H29N3O5S/c1-4-22(5-2)29(26,27)15-10-11-18(28-3)16(13-15)21-19(24)17-7-6-12-23(17)20(25)14-8-9-14/h10-11,13-14,17H,4-9,12H2,1-3H3,(H,21,24). The van der Waals surface area contributed by atoms with Gasteiger partial charge in [0.05, 0.1) is 17.7 Å². The quantitative estimate of drug-likeness (QED) is 0.691. The highest BCUT2D eigenvalue weighted by Crippen LogP contribution is 2.34. The van der Waals surface area contributed by atoms with E-state index >= 15 is 0 Å². The fourth-order valence-electron chi connectivity index (χ4n) is 3.74. The maximum atomic E-state index is 12.9. The number of carbonyl (C=O) groups excluding carboxylic acids is 2. The van der Waals surface area contributed by atoms with Gasteiger partial charge in [-0.15, -0.1) is 0 Å². The van der Waals surface area contributed by atoms with E-state index in [-0.39, 0.29) is 28.3 Å². The van der Waals surface area contributed by atoms with Crippen molar-refractivity contribution in [1.29, 1.82) is 0 Å². The van der Waals surface area contributed by atoms with Crippen molar-refractivity contribution >= 4 is 27.5 Å². The van der Waals surface area contributed by atoms with Gasteiger partial charge in [-0.2, -0.15) is 4.31 Å². The molecule has 1 saturated carbocycles. The summed E-state index contributed by atoms with van der Waals surface area (Å²) in [6.45, 7) is 4.85. The molecule has 0 radical (unpaired) electrons. The molecule has 1 aliphatic carbocycles. The zero-order valence-corrected chi connectivity index (χ0v) is 18.0. The first kappa shape index (κ1) is 21.6. The number of likely N-dealkylation sites (tertiary alicyclic amines) is 1. The van der Waals surface area contributed by atoms with E-state index < -0.39 is 16.1 Å². The molecular formula is C20H29N3O5S. The molecule has 2 fully saturated rings. The van der Waals surface area contributed by atoms with E-state index in [0.717, 1.165) is 19.3 Å². The average molecular weight is 424 g/mol. The zero-order chi connectivity index (χ0) is 21.2. The van der Waals surface area contributed by atoms with Crippen molar-refractivity contribution in [2.75, 3.05) is 32.1 Å². The van der Waals surface area contributed by atoms with Crippen molar-refractivity contribution in [3.8, 4) is 5.75 Å². The Bertz CT molecular complexity index is 878. The molecule has 1 saturated heterocycles. The Hall–Kier alpha value is -2.13. The molecule has 1 unspecified atom stereocenters. The minimum atomic E-state index is -3.67. The normalized spacial score (nSPS) is 19.4. The van der Waals surface area contributed by atoms with Crippen LogP contribution in [0.15, 0.2) is 23.1 Å². The van der Waals surface area contributed by atoms with Crippen molar-refractivity contribution < 1.29 is 22.7 Å². The Morgan fingerprint density at radius 2 is 1.90 bits per heavy atom. The van der Waals surface area contributed by atoms with E-state index in [2.05, 4.69) is 5.32 Å². The van der Waals surface area contributed by atoms with Gasteiger partial charge in [-0.05, 0) is 43.9 Å². The van der Waals surface area contributed by atoms with Crippen LogP contribution in [0.1, 0.15) is 39.5 Å². The molecule has 3 rings (SSSR count). The molecule has 1 N–H and O–H groups in total. The van der Waals surface area contributed by atoms with Gasteiger partial charge in [0, 0.05) is 25.6 Å². The van der Waals surface area contributed by atoms with Gasteiger partial charge in [0.15, 0.2) is 0 Å². The highest BCUT2D eigenvalue weighted by Gasteiger charge is 2.41. The van der Waals surface area contributed by atoms with Crippen molar-refractivity contribution in [2.45, 2.75) is 50.5 Å². The van der Waals surface area contributed by atoms with Gasteiger partial charge in [0.25, 0.3) is 0 Å². The van der Waals surface area contributed by atoms with Gasteiger partial charge < -0.3 is 15.0 Å². The summed E-state index contributed by atoms with van der Waals surface area (Å²) in [5, 5.41) is 2.79. The number of nitrogens with one attached hydrogen (secondary N) is 1. The molecule has 8 nitrogen and oxygen atoms in total. The average Bonchev–Trinajstić information content (AvgIpc) is 3.44. The highest BCUT2D eigenvalue weighted by molar-refractivity contribution is 7.89. The summed E-state index contributed by atoms with van der Waals surface area (Å²) in [7, 11) is -2.21. The second kappa shape index (κ2) is 8.71. The van der Waals surface area contributed by atoms with Crippen LogP contribution in [0.5, 0.6) is 5.75 Å². The van der Waals surface area contributed by atoms with Crippen LogP contribution in [0.25, 0.3) is 0 Å². The number of anilines is 1. The fraction of sp³-hybridized carbons (Fsp3) is 0.600. The summed E-state index contributed by atoms with van der Waals surface area (Å²) in [5.41, 5.74) is 0.288. The number of methoxy groups -OCH3 is 1. The van der Waals surface area contributed by atoms with E-state index in [1.807, 2.05) is 0 Å². The van der Waals surface area contributed by atoms with E-state index in [9.17, 15) is 18.0 Å². The number of ether oxygens (including phenoxy) is 1. The van der Waals surface area contributed by atoms with Crippen LogP contribution in [0.2, 0.25) is 0 Å². The number of hydrogen-bond donors (Lipinski definition) is 1. The molecule has 0 bridgehead atoms. The van der Waals surface area contributed by atoms with Crippen LogP contribution in [0, 0.1) is 5.92 Å². The summed E-state index contributed by atoms with van der Waals surface area (Å²) in [5.74, 6) is 0.162. The number of carbonyl (C=O) groups is 2. The van der Waals surface area contributed by atoms with Crippen LogP contribution in [0.4, 0.5) is 5.69 Å². The minimum Gasteiger partial charge on any atom is -0.495 e. The van der Waals surface area contributed by atoms with Crippen molar-refractivity contribution in [1.82, 2.24) is 9.21 Å². The first-order valence-electron chi connectivity index (χ1n) is 10.1. The molecule has 160 valence electrons. The predicted molar refractivity (Wildman–Crippen MR) is 109 cm³/mol. The number of rotatable bonds is 8. The van der Waals surface area contributed by atoms with Crippen LogP contribution in [0.3, 0.4) is 0 Å². The predicted octanol–water partition coefficient (Wildman–Crippen LogP) is 2.07. The maximum absolute atomic E-state index is 12.9. The molecule has 1 aliphatic heterocycles. The van der Waals surface area contributed by atoms with Crippen molar-refractivity contribution in [2.24, 2.45) is 5.92 Å². The van der Waals surface area contributed by atoms with Gasteiger partial charge in [0.1, 0.15) is 11.8 Å². The first-order chi connectivity index (χ1) is 13.8. The molecule has 2 amide bonds. The molecule has 2 aliphatic rings. The Morgan fingerprint density at radius 1 is 1.21 bits per heavy atom. The number of amides is 2. The first-order valence-corrected chi connectivity index (χ1v) is 11.6. The summed E-state index contributed by atoms with van der Waals surface area (Å²) in [4.78, 5) is 27.1. The molecule has 0 aromatic heterocycles. The Morgan fingerprint density at radius 3 is 2.48 bits per heavy atom. The van der Waals surface area contributed by atoms with Crippen LogP contribution < -0.4 is 10.1 Å². The number of hydrogen-bond acceptors (Lipinski definition) is 5. The fourth-order valence-corrected chi connectivity index (χ4v) is 5.23. The van der Waals surface area contributed by atoms with Crippen LogP contribution >= 0.6 is 0 Å². The third kappa shape index (κ3) is 4.40. The molecule has 1 aromatic rings. The van der Waals surface area contributed by atoms with Gasteiger partial charge in [-0.3, -0.25) is 9.59 Å².